The molecule has 0 aliphatic rings. The van der Waals surface area contributed by atoms with Crippen LogP contribution in [0.15, 0.2) is 195 Å². The summed E-state index contributed by atoms with van der Waals surface area (Å²) in [5.41, 5.74) is 7.82. The zero-order valence-electron chi connectivity index (χ0n) is 44.5. The first-order chi connectivity index (χ1) is 27.8. The summed E-state index contributed by atoms with van der Waals surface area (Å²) in [6.45, 7) is 0. The van der Waals surface area contributed by atoms with Gasteiger partial charge in [-0.2, -0.15) is 0 Å². The molecular formula is C48H32Cu2Mo8N8O26-48. The number of rotatable bonds is 0. The largest absolute Gasteiger partial charge is 2.00 e. The van der Waals surface area contributed by atoms with Crippen LogP contribution in [0.25, 0.3) is 87.2 Å². The standard InChI is InChI=1S/4C12H8N2.2Cu.8Mo.26O/c4*1-3-9-5-6-10-4-2-8-14-12(10)11(9)13-7-1;;;;;;;;;;;;;;;;;;;;;;;;;;;;;;;;;;;;/h4*1-8H;;;;;;;;;;;;;;;;;;;;;;;;;;;;;;;;;;;;/q;;;;2*+2;;;;;;;;;26*-2. The number of pyridine rings is 8. The Bertz CT molecular complexity index is 2760. The van der Waals surface area contributed by atoms with Gasteiger partial charge in [0.15, 0.2) is 0 Å². The van der Waals surface area contributed by atoms with E-state index < -0.39 is 0 Å². The van der Waals surface area contributed by atoms with E-state index >= 15 is 0 Å². The van der Waals surface area contributed by atoms with E-state index in [-0.39, 0.29) is 345 Å². The first-order valence-electron chi connectivity index (χ1n) is 18.1. The van der Waals surface area contributed by atoms with Crippen molar-refractivity contribution in [3.05, 3.63) is 195 Å². The minimum Gasteiger partial charge on any atom is -2.00 e. The van der Waals surface area contributed by atoms with Crippen LogP contribution >= 0.6 is 0 Å². The predicted molar refractivity (Wildman–Crippen MR) is 246 cm³/mol. The second-order valence-electron chi connectivity index (χ2n) is 12.9. The number of nitrogens with zero attached hydrogens (tertiary/aromatic N) is 8. The second kappa shape index (κ2) is 92.9. The molecule has 0 bridgehead atoms. The Labute approximate surface area is 660 Å². The number of fused-ring (bicyclic) bond motifs is 12. The molecule has 538 valence electrons. The number of hydrogen-bond donors (Lipinski definition) is 0. The molecule has 8 heterocycles. The van der Waals surface area contributed by atoms with E-state index in [9.17, 15) is 0 Å². The van der Waals surface area contributed by atoms with E-state index in [0.717, 1.165) is 87.2 Å². The molecule has 2 radical (unpaired) electrons. The maximum atomic E-state index is 4.35. The van der Waals surface area contributed by atoms with Gasteiger partial charge in [0.2, 0.25) is 0 Å². The predicted octanol–water partition coefficient (Wildman–Crippen LogP) is 8.02. The van der Waals surface area contributed by atoms with Gasteiger partial charge in [0.05, 0.1) is 44.1 Å². The normalized spacial score (nSPS) is 6.61. The molecule has 0 N–H and O–H groups in total. The molecule has 12 rings (SSSR count). The van der Waals surface area contributed by atoms with E-state index in [0.29, 0.717) is 0 Å². The summed E-state index contributed by atoms with van der Waals surface area (Å²) in [4.78, 5) is 34.8. The molecule has 0 atom stereocenters. The molecule has 8 aromatic heterocycles. The average molecular weight is 2030 g/mol. The van der Waals surface area contributed by atoms with Gasteiger partial charge in [-0.15, -0.1) is 0 Å². The summed E-state index contributed by atoms with van der Waals surface area (Å²) in [7, 11) is 0. The SMILES string of the molecule is [Cu+2].[Cu+2].[Mo].[Mo].[Mo].[Mo].[Mo].[Mo].[Mo].[Mo].[O-2].[O-2].[O-2].[O-2].[O-2].[O-2].[O-2].[O-2].[O-2].[O-2].[O-2].[O-2].[O-2].[O-2].[O-2].[O-2].[O-2].[O-2].[O-2].[O-2].[O-2].[O-2].[O-2].[O-2].[O-2].[O-2].c1cnc2c(c1)ccc1cccnc12.c1cnc2c(c1)ccc1cccnc12.c1cnc2c(c1)ccc1cccnc12.c1cnc2c(c1)ccc1cccnc12. The summed E-state index contributed by atoms with van der Waals surface area (Å²) in [6, 6.07) is 48.6. The van der Waals surface area contributed by atoms with Crippen molar-refractivity contribution in [2.75, 3.05) is 0 Å². The quantitative estimate of drug-likeness (QED) is 0.105. The fourth-order valence-electron chi connectivity index (χ4n) is 6.72. The van der Waals surface area contributed by atoms with Gasteiger partial charge in [0, 0.05) is 261 Å². The van der Waals surface area contributed by atoms with E-state index in [1.807, 2.05) is 48.5 Å². The Morgan fingerprint density at radius 1 is 0.130 bits per heavy atom. The summed E-state index contributed by atoms with van der Waals surface area (Å²) >= 11 is 0. The Morgan fingerprint density at radius 2 is 0.207 bits per heavy atom. The van der Waals surface area contributed by atoms with Crippen molar-refractivity contribution in [3.8, 4) is 0 Å². The van der Waals surface area contributed by atoms with E-state index in [2.05, 4.69) is 137 Å². The molecular weight excluding hydrogens is 2000 g/mol. The molecule has 0 aliphatic carbocycles. The zero-order valence-corrected chi connectivity index (χ0v) is 62.5. The first kappa shape index (κ1) is 185. The minimum absolute atomic E-state index is 0. The molecule has 0 aliphatic heterocycles. The second-order valence-corrected chi connectivity index (χ2v) is 12.9. The fourth-order valence-corrected chi connectivity index (χ4v) is 6.72. The fraction of sp³-hybridized carbons (Fsp3) is 0. The van der Waals surface area contributed by atoms with Crippen LogP contribution in [0.4, 0.5) is 0 Å². The molecule has 0 saturated carbocycles. The van der Waals surface area contributed by atoms with Gasteiger partial charge in [-0.25, -0.2) is 0 Å². The van der Waals surface area contributed by atoms with Crippen LogP contribution in [-0.4, -0.2) is 39.9 Å². The van der Waals surface area contributed by atoms with Crippen LogP contribution < -0.4 is 0 Å². The van der Waals surface area contributed by atoms with E-state index in [1.54, 1.807) is 49.6 Å². The first-order valence-corrected chi connectivity index (χ1v) is 18.1. The molecule has 0 fully saturated rings. The molecule has 0 unspecified atom stereocenters. The molecule has 4 aromatic carbocycles. The van der Waals surface area contributed by atoms with Crippen molar-refractivity contribution in [2.45, 2.75) is 0 Å². The Morgan fingerprint density at radius 3 is 0.283 bits per heavy atom. The van der Waals surface area contributed by atoms with Crippen molar-refractivity contribution in [2.24, 2.45) is 0 Å². The molecule has 34 nitrogen and oxygen atoms in total. The van der Waals surface area contributed by atoms with Gasteiger partial charge < -0.3 is 142 Å². The third-order valence-electron chi connectivity index (χ3n) is 9.38. The Hall–Kier alpha value is -2.33. The third-order valence-corrected chi connectivity index (χ3v) is 9.38. The number of benzene rings is 4. The van der Waals surface area contributed by atoms with Gasteiger partial charge >= 0.3 is 34.1 Å². The van der Waals surface area contributed by atoms with Crippen LogP contribution in [0.2, 0.25) is 0 Å². The molecule has 0 spiro atoms. The van der Waals surface area contributed by atoms with Gasteiger partial charge in [-0.1, -0.05) is 97.1 Å². The van der Waals surface area contributed by atoms with E-state index in [1.165, 1.54) is 0 Å². The third kappa shape index (κ3) is 44.5. The smallest absolute Gasteiger partial charge is 2.00 e. The van der Waals surface area contributed by atoms with Crippen molar-refractivity contribution < 1.29 is 345 Å². The van der Waals surface area contributed by atoms with Crippen molar-refractivity contribution >= 4 is 87.2 Å². The molecule has 0 saturated heterocycles. The van der Waals surface area contributed by atoms with Crippen molar-refractivity contribution in [1.82, 2.24) is 39.9 Å². The molecule has 44 heteroatoms. The van der Waals surface area contributed by atoms with Crippen molar-refractivity contribution in [3.63, 3.8) is 0 Å². The van der Waals surface area contributed by atoms with Crippen LogP contribution in [0.3, 0.4) is 0 Å². The Balaban J connectivity index is -0.0000000202. The Kier molecular flexibility index (Phi) is 187. The van der Waals surface area contributed by atoms with Gasteiger partial charge in [0.25, 0.3) is 0 Å². The molecule has 12 aromatic rings. The topological polar surface area (TPSA) is 844 Å². The van der Waals surface area contributed by atoms with Crippen LogP contribution in [0.1, 0.15) is 0 Å². The van der Waals surface area contributed by atoms with Crippen LogP contribution in [0, 0.1) is 0 Å². The summed E-state index contributed by atoms with van der Waals surface area (Å²) in [5.74, 6) is 0. The monoisotopic (exact) mass is 2050 g/mol. The minimum atomic E-state index is 0. The van der Waals surface area contributed by atoms with Crippen LogP contribution in [0.5, 0.6) is 0 Å². The van der Waals surface area contributed by atoms with Gasteiger partial charge in [0.1, 0.15) is 0 Å². The summed E-state index contributed by atoms with van der Waals surface area (Å²) in [5, 5.41) is 9.10. The summed E-state index contributed by atoms with van der Waals surface area (Å²) < 4.78 is 0. The number of hydrogen-bond acceptors (Lipinski definition) is 8. The van der Waals surface area contributed by atoms with E-state index in [4.69, 9.17) is 0 Å². The number of aromatic nitrogens is 8. The molecule has 0 amide bonds. The van der Waals surface area contributed by atoms with Gasteiger partial charge in [-0.3, -0.25) is 39.9 Å². The maximum absolute atomic E-state index is 4.35. The maximum Gasteiger partial charge on any atom is 2.00 e. The average Bonchev–Trinajstić information content (AvgIpc) is 3.29. The zero-order chi connectivity index (χ0) is 37.5. The van der Waals surface area contributed by atoms with Gasteiger partial charge in [-0.05, 0) is 48.5 Å². The molecule has 92 heavy (non-hydrogen) atoms. The van der Waals surface area contributed by atoms with Crippen molar-refractivity contribution in [1.29, 1.82) is 0 Å². The summed E-state index contributed by atoms with van der Waals surface area (Å²) in [6.07, 6.45) is 14.4. The van der Waals surface area contributed by atoms with Crippen LogP contribution in [-0.2, 0) is 345 Å².